The molecule has 0 saturated carbocycles. The van der Waals surface area contributed by atoms with Gasteiger partial charge in [-0.3, -0.25) is 14.6 Å². The van der Waals surface area contributed by atoms with Crippen molar-refractivity contribution < 1.29 is 9.59 Å². The predicted octanol–water partition coefficient (Wildman–Crippen LogP) is 2.15. The Hall–Kier alpha value is -2.69. The summed E-state index contributed by atoms with van der Waals surface area (Å²) in [6.07, 6.45) is 3.05. The van der Waals surface area contributed by atoms with Crippen LogP contribution in [0.15, 0.2) is 48.8 Å². The summed E-state index contributed by atoms with van der Waals surface area (Å²) in [7, 11) is 0. The number of nitrogens with one attached hydrogen (secondary N) is 2. The van der Waals surface area contributed by atoms with E-state index in [1.165, 1.54) is 6.20 Å². The van der Waals surface area contributed by atoms with Gasteiger partial charge < -0.3 is 10.6 Å². The van der Waals surface area contributed by atoms with Crippen LogP contribution in [0.3, 0.4) is 0 Å². The van der Waals surface area contributed by atoms with Gasteiger partial charge in [-0.1, -0.05) is 18.2 Å². The van der Waals surface area contributed by atoms with Crippen LogP contribution in [-0.2, 0) is 4.79 Å². The summed E-state index contributed by atoms with van der Waals surface area (Å²) in [5, 5.41) is 5.44. The molecule has 21 heavy (non-hydrogen) atoms. The summed E-state index contributed by atoms with van der Waals surface area (Å²) in [6, 6.07) is 10.2. The molecule has 1 heterocycles. The fraction of sp³-hybridized carbons (Fsp3) is 0.188. The molecule has 0 aliphatic carbocycles. The Morgan fingerprint density at radius 3 is 2.57 bits per heavy atom. The first-order chi connectivity index (χ1) is 10.1. The van der Waals surface area contributed by atoms with Crippen molar-refractivity contribution in [2.45, 2.75) is 19.9 Å². The van der Waals surface area contributed by atoms with E-state index in [-0.39, 0.29) is 11.8 Å². The van der Waals surface area contributed by atoms with Gasteiger partial charge in [0.1, 0.15) is 6.04 Å². The molecule has 2 rings (SSSR count). The number of nitrogens with zero attached hydrogens (tertiary/aromatic N) is 1. The van der Waals surface area contributed by atoms with Crippen molar-refractivity contribution in [1.29, 1.82) is 0 Å². The number of anilines is 1. The van der Waals surface area contributed by atoms with Gasteiger partial charge in [-0.05, 0) is 37.6 Å². The van der Waals surface area contributed by atoms with Crippen molar-refractivity contribution in [3.8, 4) is 0 Å². The molecule has 0 saturated heterocycles. The highest BCUT2D eigenvalue weighted by Gasteiger charge is 2.17. The molecule has 1 unspecified atom stereocenters. The van der Waals surface area contributed by atoms with Crippen LogP contribution in [0.25, 0.3) is 0 Å². The lowest BCUT2D eigenvalue weighted by atomic mass is 10.2. The minimum atomic E-state index is -0.641. The third-order valence-electron chi connectivity index (χ3n) is 3.07. The predicted molar refractivity (Wildman–Crippen MR) is 81.0 cm³/mol. The van der Waals surface area contributed by atoms with Gasteiger partial charge in [-0.15, -0.1) is 0 Å². The Morgan fingerprint density at radius 2 is 1.90 bits per heavy atom. The highest BCUT2D eigenvalue weighted by Crippen LogP contribution is 2.13. The number of aromatic nitrogens is 1. The minimum absolute atomic E-state index is 0.262. The van der Waals surface area contributed by atoms with Crippen molar-refractivity contribution in [3.05, 3.63) is 59.9 Å². The molecule has 0 bridgehead atoms. The Morgan fingerprint density at radius 1 is 1.14 bits per heavy atom. The van der Waals surface area contributed by atoms with E-state index in [0.29, 0.717) is 5.56 Å². The van der Waals surface area contributed by atoms with E-state index in [4.69, 9.17) is 0 Å². The number of amides is 2. The third-order valence-corrected chi connectivity index (χ3v) is 3.07. The highest BCUT2D eigenvalue weighted by atomic mass is 16.2. The molecule has 2 amide bonds. The van der Waals surface area contributed by atoms with Crippen LogP contribution in [0.5, 0.6) is 0 Å². The SMILES string of the molecule is Cc1ccccc1NC(=O)C(C)NC(=O)c1cccnc1. The topological polar surface area (TPSA) is 71.1 Å². The second kappa shape index (κ2) is 6.65. The van der Waals surface area contributed by atoms with Gasteiger partial charge in [0, 0.05) is 18.1 Å². The summed E-state index contributed by atoms with van der Waals surface area (Å²) in [5.74, 6) is -0.586. The molecule has 0 aliphatic heterocycles. The van der Waals surface area contributed by atoms with Gasteiger partial charge in [-0.25, -0.2) is 0 Å². The second-order valence-electron chi connectivity index (χ2n) is 4.74. The van der Waals surface area contributed by atoms with Crippen LogP contribution < -0.4 is 10.6 Å². The average Bonchev–Trinajstić information content (AvgIpc) is 2.50. The van der Waals surface area contributed by atoms with Gasteiger partial charge in [0.2, 0.25) is 5.91 Å². The fourth-order valence-corrected chi connectivity index (χ4v) is 1.80. The lowest BCUT2D eigenvalue weighted by molar-refractivity contribution is -0.117. The molecule has 2 N–H and O–H groups in total. The van der Waals surface area contributed by atoms with Crippen LogP contribution in [0.1, 0.15) is 22.8 Å². The summed E-state index contributed by atoms with van der Waals surface area (Å²) >= 11 is 0. The average molecular weight is 283 g/mol. The van der Waals surface area contributed by atoms with Crippen molar-refractivity contribution in [2.75, 3.05) is 5.32 Å². The highest BCUT2D eigenvalue weighted by molar-refractivity contribution is 6.01. The Balaban J connectivity index is 1.97. The second-order valence-corrected chi connectivity index (χ2v) is 4.74. The Kier molecular flexibility index (Phi) is 4.66. The molecule has 5 nitrogen and oxygen atoms in total. The maximum Gasteiger partial charge on any atom is 0.253 e. The van der Waals surface area contributed by atoms with Crippen LogP contribution in [0.4, 0.5) is 5.69 Å². The molecule has 0 spiro atoms. The summed E-state index contributed by atoms with van der Waals surface area (Å²) < 4.78 is 0. The molecular weight excluding hydrogens is 266 g/mol. The van der Waals surface area contributed by atoms with Crippen molar-refractivity contribution in [3.63, 3.8) is 0 Å². The largest absolute Gasteiger partial charge is 0.340 e. The van der Waals surface area contributed by atoms with Crippen LogP contribution in [0, 0.1) is 6.92 Å². The normalized spacial score (nSPS) is 11.5. The molecule has 5 heteroatoms. The lowest BCUT2D eigenvalue weighted by Gasteiger charge is -2.15. The van der Waals surface area contributed by atoms with E-state index < -0.39 is 6.04 Å². The third kappa shape index (κ3) is 3.89. The summed E-state index contributed by atoms with van der Waals surface area (Å²) in [6.45, 7) is 3.55. The molecule has 0 aliphatic rings. The number of hydrogen-bond donors (Lipinski definition) is 2. The quantitative estimate of drug-likeness (QED) is 0.903. The van der Waals surface area contributed by atoms with Crippen LogP contribution >= 0.6 is 0 Å². The number of rotatable bonds is 4. The smallest absolute Gasteiger partial charge is 0.253 e. The molecular formula is C16H17N3O2. The number of pyridine rings is 1. The zero-order valence-corrected chi connectivity index (χ0v) is 12.0. The fourth-order valence-electron chi connectivity index (χ4n) is 1.80. The number of hydrogen-bond acceptors (Lipinski definition) is 3. The maximum absolute atomic E-state index is 12.1. The van der Waals surface area contributed by atoms with Gasteiger partial charge >= 0.3 is 0 Å². The molecule has 1 aromatic heterocycles. The standard InChI is InChI=1S/C16H17N3O2/c1-11-6-3-4-8-14(11)19-15(20)12(2)18-16(21)13-7-5-9-17-10-13/h3-10,12H,1-2H3,(H,18,21)(H,19,20). The summed E-state index contributed by atoms with van der Waals surface area (Å²) in [5.41, 5.74) is 2.13. The van der Waals surface area contributed by atoms with Crippen molar-refractivity contribution in [1.82, 2.24) is 10.3 Å². The van der Waals surface area contributed by atoms with Gasteiger partial charge in [0.25, 0.3) is 5.91 Å². The number of para-hydroxylation sites is 1. The van der Waals surface area contributed by atoms with E-state index in [2.05, 4.69) is 15.6 Å². The van der Waals surface area contributed by atoms with Gasteiger partial charge in [0.05, 0.1) is 5.56 Å². The zero-order valence-electron chi connectivity index (χ0n) is 12.0. The Bertz CT molecular complexity index is 641. The molecule has 108 valence electrons. The van der Waals surface area contributed by atoms with E-state index in [1.807, 2.05) is 31.2 Å². The molecule has 1 atom stereocenters. The minimum Gasteiger partial charge on any atom is -0.340 e. The first-order valence-corrected chi connectivity index (χ1v) is 6.65. The number of carbonyl (C=O) groups excluding carboxylic acids is 2. The van der Waals surface area contributed by atoms with E-state index in [0.717, 1.165) is 11.3 Å². The van der Waals surface area contributed by atoms with E-state index >= 15 is 0 Å². The van der Waals surface area contributed by atoms with Gasteiger partial charge in [-0.2, -0.15) is 0 Å². The molecule has 2 aromatic rings. The summed E-state index contributed by atoms with van der Waals surface area (Å²) in [4.78, 5) is 27.9. The number of benzene rings is 1. The number of aryl methyl sites for hydroxylation is 1. The maximum atomic E-state index is 12.1. The lowest BCUT2D eigenvalue weighted by Crippen LogP contribution is -2.41. The van der Waals surface area contributed by atoms with Crippen LogP contribution in [-0.4, -0.2) is 22.8 Å². The van der Waals surface area contributed by atoms with E-state index in [1.54, 1.807) is 25.3 Å². The van der Waals surface area contributed by atoms with Crippen molar-refractivity contribution in [2.24, 2.45) is 0 Å². The van der Waals surface area contributed by atoms with Crippen LogP contribution in [0.2, 0.25) is 0 Å². The van der Waals surface area contributed by atoms with E-state index in [9.17, 15) is 9.59 Å². The Labute approximate surface area is 123 Å². The van der Waals surface area contributed by atoms with Crippen molar-refractivity contribution >= 4 is 17.5 Å². The molecule has 1 aromatic carbocycles. The first-order valence-electron chi connectivity index (χ1n) is 6.65. The molecule has 0 fully saturated rings. The monoisotopic (exact) mass is 283 g/mol. The van der Waals surface area contributed by atoms with Gasteiger partial charge in [0.15, 0.2) is 0 Å². The molecule has 0 radical (unpaired) electrons. The number of carbonyl (C=O) groups is 2. The zero-order chi connectivity index (χ0) is 15.2. The first kappa shape index (κ1) is 14.7.